The first-order chi connectivity index (χ1) is 12.5. The van der Waals surface area contributed by atoms with E-state index >= 15 is 0 Å². The molecule has 0 atom stereocenters. The summed E-state index contributed by atoms with van der Waals surface area (Å²) in [6, 6.07) is 16.5. The lowest BCUT2D eigenvalue weighted by Crippen LogP contribution is -2.29. The molecule has 128 valence electrons. The third-order valence-electron chi connectivity index (χ3n) is 4.36. The lowest BCUT2D eigenvalue weighted by Gasteiger charge is -2.13. The number of carbonyl (C=O) groups is 2. The van der Waals surface area contributed by atoms with E-state index in [4.69, 9.17) is 0 Å². The Hall–Kier alpha value is -3.54. The molecule has 2 heterocycles. The van der Waals surface area contributed by atoms with Crippen molar-refractivity contribution in [3.63, 3.8) is 0 Å². The van der Waals surface area contributed by atoms with Crippen LogP contribution in [-0.2, 0) is 6.54 Å². The minimum absolute atomic E-state index is 0.00139. The molecule has 1 aromatic heterocycles. The Balaban J connectivity index is 1.81. The minimum atomic E-state index is -0.651. The summed E-state index contributed by atoms with van der Waals surface area (Å²) >= 11 is 0. The molecule has 1 aliphatic rings. The van der Waals surface area contributed by atoms with E-state index in [1.165, 1.54) is 0 Å². The van der Waals surface area contributed by atoms with Gasteiger partial charge in [0.05, 0.1) is 17.8 Å². The van der Waals surface area contributed by atoms with E-state index in [9.17, 15) is 14.4 Å². The van der Waals surface area contributed by atoms with Gasteiger partial charge < -0.3 is 4.98 Å². The number of hydrogen-bond donors (Lipinski definition) is 1. The van der Waals surface area contributed by atoms with Gasteiger partial charge in [0.2, 0.25) is 0 Å². The molecule has 0 saturated heterocycles. The molecule has 3 aromatic rings. The zero-order valence-corrected chi connectivity index (χ0v) is 14.0. The van der Waals surface area contributed by atoms with Gasteiger partial charge in [0.1, 0.15) is 5.69 Å². The third-order valence-corrected chi connectivity index (χ3v) is 4.36. The number of hydrogen-bond acceptors (Lipinski definition) is 4. The van der Waals surface area contributed by atoms with Crippen molar-refractivity contribution in [2.24, 2.45) is 0 Å². The molecule has 6 heteroatoms. The zero-order chi connectivity index (χ0) is 18.3. The molecule has 4 rings (SSSR count). The van der Waals surface area contributed by atoms with Crippen LogP contribution in [0.5, 0.6) is 0 Å². The number of nitrogens with one attached hydrogen (secondary N) is 1. The summed E-state index contributed by atoms with van der Waals surface area (Å²) < 4.78 is 0. The number of rotatable bonds is 3. The SMILES string of the molecule is Cc1ccc(-c2nc(=O)[nH]c3c2C(=O)N(Cc2ccccc2)C3=O)cc1. The first kappa shape index (κ1) is 16.0. The van der Waals surface area contributed by atoms with Gasteiger partial charge in [0.15, 0.2) is 0 Å². The third kappa shape index (κ3) is 2.61. The molecule has 6 nitrogen and oxygen atoms in total. The van der Waals surface area contributed by atoms with Gasteiger partial charge in [-0.25, -0.2) is 4.79 Å². The van der Waals surface area contributed by atoms with Crippen molar-refractivity contribution < 1.29 is 9.59 Å². The number of aromatic amines is 1. The molecule has 0 fully saturated rings. The Kier molecular flexibility index (Phi) is 3.73. The summed E-state index contributed by atoms with van der Waals surface area (Å²) in [5, 5.41) is 0. The molecule has 0 spiro atoms. The van der Waals surface area contributed by atoms with E-state index in [-0.39, 0.29) is 23.5 Å². The predicted octanol–water partition coefficient (Wildman–Crippen LogP) is 2.54. The van der Waals surface area contributed by atoms with Crippen molar-refractivity contribution in [3.05, 3.63) is 87.5 Å². The number of amides is 2. The standard InChI is InChI=1S/C20H15N3O3/c1-12-7-9-14(10-8-12)16-15-17(22-20(26)21-16)19(25)23(18(15)24)11-13-5-3-2-4-6-13/h2-10H,11H2,1H3,(H,21,22,26). The molecule has 2 aromatic carbocycles. The minimum Gasteiger partial charge on any atom is -0.300 e. The molecule has 0 aliphatic carbocycles. The van der Waals surface area contributed by atoms with Crippen LogP contribution in [0.2, 0.25) is 0 Å². The molecule has 1 N–H and O–H groups in total. The average molecular weight is 345 g/mol. The maximum atomic E-state index is 12.9. The van der Waals surface area contributed by atoms with Crippen LogP contribution >= 0.6 is 0 Å². The predicted molar refractivity (Wildman–Crippen MR) is 95.7 cm³/mol. The van der Waals surface area contributed by atoms with Crippen LogP contribution in [0, 0.1) is 6.92 Å². The van der Waals surface area contributed by atoms with Crippen molar-refractivity contribution >= 4 is 11.8 Å². The fourth-order valence-electron chi connectivity index (χ4n) is 3.03. The summed E-state index contributed by atoms with van der Waals surface area (Å²) in [6.07, 6.45) is 0. The van der Waals surface area contributed by atoms with Crippen LogP contribution in [0.3, 0.4) is 0 Å². The van der Waals surface area contributed by atoms with Crippen LogP contribution in [0.25, 0.3) is 11.3 Å². The summed E-state index contributed by atoms with van der Waals surface area (Å²) in [5.74, 6) is -0.963. The fraction of sp³-hybridized carbons (Fsp3) is 0.100. The van der Waals surface area contributed by atoms with E-state index in [0.717, 1.165) is 16.0 Å². The van der Waals surface area contributed by atoms with Crippen molar-refractivity contribution in [2.75, 3.05) is 0 Å². The molecule has 0 bridgehead atoms. The van der Waals surface area contributed by atoms with Crippen LogP contribution in [0.4, 0.5) is 0 Å². The van der Waals surface area contributed by atoms with Crippen molar-refractivity contribution in [1.29, 1.82) is 0 Å². The van der Waals surface area contributed by atoms with Gasteiger partial charge in [-0.05, 0) is 12.5 Å². The van der Waals surface area contributed by atoms with Gasteiger partial charge in [-0.15, -0.1) is 0 Å². The summed E-state index contributed by atoms with van der Waals surface area (Å²) in [4.78, 5) is 45.1. The topological polar surface area (TPSA) is 83.1 Å². The molecular weight excluding hydrogens is 330 g/mol. The van der Waals surface area contributed by atoms with E-state index in [1.807, 2.05) is 49.4 Å². The summed E-state index contributed by atoms with van der Waals surface area (Å²) in [5.41, 5.74) is 2.23. The number of aryl methyl sites for hydroxylation is 1. The number of H-pyrrole nitrogens is 1. The normalized spacial score (nSPS) is 13.2. The second kappa shape index (κ2) is 6.07. The zero-order valence-electron chi connectivity index (χ0n) is 14.0. The Morgan fingerprint density at radius 2 is 1.62 bits per heavy atom. The first-order valence-electron chi connectivity index (χ1n) is 8.16. The molecule has 26 heavy (non-hydrogen) atoms. The summed E-state index contributed by atoms with van der Waals surface area (Å²) in [7, 11) is 0. The van der Waals surface area contributed by atoms with Gasteiger partial charge in [-0.1, -0.05) is 60.2 Å². The highest BCUT2D eigenvalue weighted by Crippen LogP contribution is 2.30. The monoisotopic (exact) mass is 345 g/mol. The molecular formula is C20H15N3O3. The average Bonchev–Trinajstić information content (AvgIpc) is 2.87. The first-order valence-corrected chi connectivity index (χ1v) is 8.16. The highest BCUT2D eigenvalue weighted by atomic mass is 16.2. The maximum absolute atomic E-state index is 12.9. The Labute approximate surface area is 149 Å². The lowest BCUT2D eigenvalue weighted by atomic mass is 10.0. The number of fused-ring (bicyclic) bond motifs is 1. The second-order valence-corrected chi connectivity index (χ2v) is 6.19. The van der Waals surface area contributed by atoms with Gasteiger partial charge in [0, 0.05) is 5.56 Å². The molecule has 1 aliphatic heterocycles. The van der Waals surface area contributed by atoms with Crippen LogP contribution in [-0.4, -0.2) is 26.7 Å². The Bertz CT molecular complexity index is 1070. The van der Waals surface area contributed by atoms with Gasteiger partial charge in [-0.2, -0.15) is 4.98 Å². The van der Waals surface area contributed by atoms with Crippen molar-refractivity contribution in [3.8, 4) is 11.3 Å². The Morgan fingerprint density at radius 3 is 2.31 bits per heavy atom. The van der Waals surface area contributed by atoms with E-state index in [0.29, 0.717) is 5.56 Å². The second-order valence-electron chi connectivity index (χ2n) is 6.19. The van der Waals surface area contributed by atoms with E-state index < -0.39 is 17.5 Å². The van der Waals surface area contributed by atoms with Crippen LogP contribution < -0.4 is 5.69 Å². The number of imide groups is 1. The highest BCUT2D eigenvalue weighted by molar-refractivity contribution is 6.22. The smallest absolute Gasteiger partial charge is 0.300 e. The van der Waals surface area contributed by atoms with E-state index in [1.54, 1.807) is 12.1 Å². The molecule has 0 saturated carbocycles. The Morgan fingerprint density at radius 1 is 0.923 bits per heavy atom. The maximum Gasteiger partial charge on any atom is 0.346 e. The van der Waals surface area contributed by atoms with Crippen molar-refractivity contribution in [2.45, 2.75) is 13.5 Å². The number of benzene rings is 2. The van der Waals surface area contributed by atoms with Gasteiger partial charge >= 0.3 is 5.69 Å². The summed E-state index contributed by atoms with van der Waals surface area (Å²) in [6.45, 7) is 2.08. The number of carbonyl (C=O) groups excluding carboxylic acids is 2. The van der Waals surface area contributed by atoms with Gasteiger partial charge in [-0.3, -0.25) is 14.5 Å². The van der Waals surface area contributed by atoms with Crippen LogP contribution in [0.15, 0.2) is 59.4 Å². The van der Waals surface area contributed by atoms with Crippen molar-refractivity contribution in [1.82, 2.24) is 14.9 Å². The number of nitrogens with zero attached hydrogens (tertiary/aromatic N) is 2. The molecule has 0 radical (unpaired) electrons. The van der Waals surface area contributed by atoms with Crippen LogP contribution in [0.1, 0.15) is 32.0 Å². The van der Waals surface area contributed by atoms with E-state index in [2.05, 4.69) is 9.97 Å². The molecule has 2 amide bonds. The quantitative estimate of drug-likeness (QED) is 0.740. The largest absolute Gasteiger partial charge is 0.346 e. The lowest BCUT2D eigenvalue weighted by molar-refractivity contribution is 0.0640. The fourth-order valence-corrected chi connectivity index (χ4v) is 3.03. The van der Waals surface area contributed by atoms with Gasteiger partial charge in [0.25, 0.3) is 11.8 Å². The highest BCUT2D eigenvalue weighted by Gasteiger charge is 2.39. The molecule has 0 unspecified atom stereocenters. The number of aromatic nitrogens is 2.